The van der Waals surface area contributed by atoms with Gasteiger partial charge in [-0.2, -0.15) is 0 Å². The lowest BCUT2D eigenvalue weighted by Gasteiger charge is -2.19. The number of nitrogens with one attached hydrogen (secondary N) is 1. The van der Waals surface area contributed by atoms with Gasteiger partial charge in [0.2, 0.25) is 0 Å². The van der Waals surface area contributed by atoms with Crippen LogP contribution in [0.1, 0.15) is 12.5 Å². The number of likely N-dealkylation sites (N-methyl/N-ethyl adjacent to an activating group) is 1. The number of hydrogen-bond donors (Lipinski definition) is 2. The second-order valence-electron chi connectivity index (χ2n) is 3.80. The van der Waals surface area contributed by atoms with Crippen LogP contribution in [-0.4, -0.2) is 35.1 Å². The second-order valence-corrected chi connectivity index (χ2v) is 3.80. The van der Waals surface area contributed by atoms with Gasteiger partial charge in [-0.3, -0.25) is 4.79 Å². The van der Waals surface area contributed by atoms with E-state index in [-0.39, 0.29) is 18.9 Å². The number of carbonyl (C=O) groups excluding carboxylic acids is 1. The lowest BCUT2D eigenvalue weighted by Crippen LogP contribution is -2.38. The zero-order valence-corrected chi connectivity index (χ0v) is 10.2. The van der Waals surface area contributed by atoms with E-state index in [1.807, 2.05) is 0 Å². The second kappa shape index (κ2) is 6.00. The lowest BCUT2D eigenvalue weighted by atomic mass is 10.2. The molecule has 0 aliphatic carbocycles. The molecule has 1 aromatic rings. The summed E-state index contributed by atoms with van der Waals surface area (Å²) in [4.78, 5) is 23.5. The molecule has 0 aliphatic heterocycles. The van der Waals surface area contributed by atoms with Gasteiger partial charge >= 0.3 is 12.0 Å². The van der Waals surface area contributed by atoms with Gasteiger partial charge in [0.1, 0.15) is 12.4 Å². The molecule has 0 saturated heterocycles. The van der Waals surface area contributed by atoms with Crippen LogP contribution in [-0.2, 0) is 4.79 Å². The SMILES string of the molecule is CCN(CC(=O)O)C(=O)Nc1ccc(F)cc1C. The number of amides is 2. The quantitative estimate of drug-likeness (QED) is 0.864. The molecule has 0 spiro atoms. The van der Waals surface area contributed by atoms with Crippen molar-refractivity contribution in [3.05, 3.63) is 29.6 Å². The van der Waals surface area contributed by atoms with Crippen LogP contribution in [0.15, 0.2) is 18.2 Å². The monoisotopic (exact) mass is 254 g/mol. The highest BCUT2D eigenvalue weighted by Gasteiger charge is 2.15. The number of benzene rings is 1. The van der Waals surface area contributed by atoms with Gasteiger partial charge in [-0.1, -0.05) is 0 Å². The summed E-state index contributed by atoms with van der Waals surface area (Å²) in [5.74, 6) is -1.47. The smallest absolute Gasteiger partial charge is 0.323 e. The van der Waals surface area contributed by atoms with Crippen molar-refractivity contribution in [1.29, 1.82) is 0 Å². The fourth-order valence-corrected chi connectivity index (χ4v) is 1.45. The average Bonchev–Trinajstić information content (AvgIpc) is 2.29. The van der Waals surface area contributed by atoms with E-state index in [4.69, 9.17) is 5.11 Å². The minimum absolute atomic E-state index is 0.276. The highest BCUT2D eigenvalue weighted by atomic mass is 19.1. The Morgan fingerprint density at radius 2 is 2.11 bits per heavy atom. The van der Waals surface area contributed by atoms with Gasteiger partial charge in [-0.05, 0) is 37.6 Å². The van der Waals surface area contributed by atoms with Crippen LogP contribution in [0.4, 0.5) is 14.9 Å². The Bertz CT molecular complexity index is 463. The zero-order valence-electron chi connectivity index (χ0n) is 10.2. The molecule has 0 aromatic heterocycles. The Hall–Kier alpha value is -2.11. The van der Waals surface area contributed by atoms with E-state index >= 15 is 0 Å². The van der Waals surface area contributed by atoms with Crippen molar-refractivity contribution < 1.29 is 19.1 Å². The van der Waals surface area contributed by atoms with Crippen LogP contribution in [0.5, 0.6) is 0 Å². The van der Waals surface area contributed by atoms with Gasteiger partial charge in [-0.25, -0.2) is 9.18 Å². The Labute approximate surface area is 104 Å². The van der Waals surface area contributed by atoms with Crippen molar-refractivity contribution >= 4 is 17.7 Å². The summed E-state index contributed by atoms with van der Waals surface area (Å²) in [7, 11) is 0. The van der Waals surface area contributed by atoms with Gasteiger partial charge in [0.05, 0.1) is 0 Å². The standard InChI is InChI=1S/C12H15FN2O3/c1-3-15(7-11(16)17)12(18)14-10-5-4-9(13)6-8(10)2/h4-6H,3,7H2,1-2H3,(H,14,18)(H,16,17). The molecule has 2 N–H and O–H groups in total. The first-order valence-corrected chi connectivity index (χ1v) is 5.48. The summed E-state index contributed by atoms with van der Waals surface area (Å²) in [6, 6.07) is 3.45. The van der Waals surface area contributed by atoms with Gasteiger partial charge in [-0.15, -0.1) is 0 Å². The van der Waals surface area contributed by atoms with Crippen molar-refractivity contribution in [3.8, 4) is 0 Å². The van der Waals surface area contributed by atoms with Gasteiger partial charge in [0, 0.05) is 12.2 Å². The van der Waals surface area contributed by atoms with Crippen LogP contribution < -0.4 is 5.32 Å². The molecule has 0 saturated carbocycles. The first kappa shape index (κ1) is 14.0. The van der Waals surface area contributed by atoms with Crippen LogP contribution in [0.2, 0.25) is 0 Å². The Morgan fingerprint density at radius 1 is 1.44 bits per heavy atom. The molecule has 0 aliphatic rings. The molecular formula is C12H15FN2O3. The number of carboxylic acids is 1. The van der Waals surface area contributed by atoms with Crippen molar-refractivity contribution in [3.63, 3.8) is 0 Å². The number of halogens is 1. The molecule has 6 heteroatoms. The minimum Gasteiger partial charge on any atom is -0.480 e. The van der Waals surface area contributed by atoms with E-state index in [1.54, 1.807) is 13.8 Å². The third-order valence-corrected chi connectivity index (χ3v) is 2.43. The largest absolute Gasteiger partial charge is 0.480 e. The summed E-state index contributed by atoms with van der Waals surface area (Å²) < 4.78 is 12.9. The van der Waals surface area contributed by atoms with Crippen LogP contribution >= 0.6 is 0 Å². The summed E-state index contributed by atoms with van der Waals surface area (Å²) >= 11 is 0. The molecule has 5 nitrogen and oxygen atoms in total. The van der Waals surface area contributed by atoms with E-state index in [9.17, 15) is 14.0 Å². The molecule has 0 fully saturated rings. The number of carboxylic acid groups (broad SMARTS) is 1. The molecule has 1 rings (SSSR count). The highest BCUT2D eigenvalue weighted by molar-refractivity contribution is 5.91. The molecule has 2 amide bonds. The Balaban J connectivity index is 2.76. The van der Waals surface area contributed by atoms with Crippen molar-refractivity contribution in [2.75, 3.05) is 18.4 Å². The summed E-state index contributed by atoms with van der Waals surface area (Å²) in [6.45, 7) is 3.24. The summed E-state index contributed by atoms with van der Waals surface area (Å²) in [5, 5.41) is 11.2. The topological polar surface area (TPSA) is 69.6 Å². The first-order valence-electron chi connectivity index (χ1n) is 5.48. The number of aryl methyl sites for hydroxylation is 1. The number of hydrogen-bond acceptors (Lipinski definition) is 2. The molecule has 0 radical (unpaired) electrons. The third-order valence-electron chi connectivity index (χ3n) is 2.43. The van der Waals surface area contributed by atoms with E-state index in [0.717, 1.165) is 4.90 Å². The molecule has 0 heterocycles. The summed E-state index contributed by atoms with van der Waals surface area (Å²) in [6.07, 6.45) is 0. The molecule has 0 unspecified atom stereocenters. The predicted octanol–water partition coefficient (Wildman–Crippen LogP) is 2.07. The van der Waals surface area contributed by atoms with E-state index in [2.05, 4.69) is 5.32 Å². The highest BCUT2D eigenvalue weighted by Crippen LogP contribution is 2.16. The molecule has 18 heavy (non-hydrogen) atoms. The maximum absolute atomic E-state index is 12.9. The molecular weight excluding hydrogens is 239 g/mol. The average molecular weight is 254 g/mol. The fourth-order valence-electron chi connectivity index (χ4n) is 1.45. The van der Waals surface area contributed by atoms with Gasteiger partial charge in [0.15, 0.2) is 0 Å². The van der Waals surface area contributed by atoms with Gasteiger partial charge in [0.25, 0.3) is 0 Å². The van der Waals surface area contributed by atoms with Crippen LogP contribution in [0.25, 0.3) is 0 Å². The van der Waals surface area contributed by atoms with Crippen LogP contribution in [0, 0.1) is 12.7 Å². The number of aliphatic carboxylic acids is 1. The Kier molecular flexibility index (Phi) is 4.65. The van der Waals surface area contributed by atoms with Gasteiger partial charge < -0.3 is 15.3 Å². The lowest BCUT2D eigenvalue weighted by molar-refractivity contribution is -0.137. The maximum atomic E-state index is 12.9. The van der Waals surface area contributed by atoms with E-state index < -0.39 is 12.0 Å². The van der Waals surface area contributed by atoms with Crippen LogP contribution in [0.3, 0.4) is 0 Å². The van der Waals surface area contributed by atoms with E-state index in [1.165, 1.54) is 18.2 Å². The third kappa shape index (κ3) is 3.73. The molecule has 0 bridgehead atoms. The fraction of sp³-hybridized carbons (Fsp3) is 0.333. The zero-order chi connectivity index (χ0) is 13.7. The number of rotatable bonds is 4. The summed E-state index contributed by atoms with van der Waals surface area (Å²) in [5.41, 5.74) is 1.04. The molecule has 0 atom stereocenters. The number of nitrogens with zero attached hydrogens (tertiary/aromatic N) is 1. The van der Waals surface area contributed by atoms with Crippen molar-refractivity contribution in [2.24, 2.45) is 0 Å². The maximum Gasteiger partial charge on any atom is 0.323 e. The predicted molar refractivity (Wildman–Crippen MR) is 65.0 cm³/mol. The minimum atomic E-state index is -1.08. The number of carbonyl (C=O) groups is 2. The van der Waals surface area contributed by atoms with Crippen molar-refractivity contribution in [2.45, 2.75) is 13.8 Å². The number of urea groups is 1. The van der Waals surface area contributed by atoms with E-state index in [0.29, 0.717) is 11.3 Å². The normalized spacial score (nSPS) is 9.94. The first-order chi connectivity index (χ1) is 8.43. The molecule has 1 aromatic carbocycles. The molecule has 98 valence electrons. The Morgan fingerprint density at radius 3 is 2.61 bits per heavy atom. The number of anilines is 1. The van der Waals surface area contributed by atoms with Crippen molar-refractivity contribution in [1.82, 2.24) is 4.90 Å².